The van der Waals surface area contributed by atoms with E-state index in [4.69, 9.17) is 4.74 Å². The summed E-state index contributed by atoms with van der Waals surface area (Å²) >= 11 is 1.55. The molecular formula is C31H25F2N3O3S. The molecule has 6 rings (SSSR count). The van der Waals surface area contributed by atoms with Gasteiger partial charge in [-0.3, -0.25) is 9.59 Å². The highest BCUT2D eigenvalue weighted by Crippen LogP contribution is 2.34. The summed E-state index contributed by atoms with van der Waals surface area (Å²) in [6.45, 7) is 0.597. The molecule has 0 bridgehead atoms. The Balaban J connectivity index is 1.18. The van der Waals surface area contributed by atoms with Crippen molar-refractivity contribution in [2.75, 3.05) is 13.2 Å². The minimum Gasteiger partial charge on any atom is -0.483 e. The minimum atomic E-state index is -0.375. The van der Waals surface area contributed by atoms with Crippen molar-refractivity contribution in [2.45, 2.75) is 25.4 Å². The van der Waals surface area contributed by atoms with Crippen molar-refractivity contribution < 1.29 is 23.1 Å². The lowest BCUT2D eigenvalue weighted by Gasteiger charge is -2.30. The van der Waals surface area contributed by atoms with Gasteiger partial charge in [0.1, 0.15) is 17.4 Å². The maximum Gasteiger partial charge on any atom is 0.281 e. The van der Waals surface area contributed by atoms with Gasteiger partial charge in [-0.25, -0.2) is 13.8 Å². The molecular weight excluding hydrogens is 532 g/mol. The number of carbonyl (C=O) groups is 2. The molecule has 40 heavy (non-hydrogen) atoms. The van der Waals surface area contributed by atoms with Gasteiger partial charge in [0.15, 0.2) is 6.61 Å². The van der Waals surface area contributed by atoms with Gasteiger partial charge in [-0.1, -0.05) is 36.4 Å². The number of carbonyl (C=O) groups excluding carboxylic acids is 2. The molecule has 4 aromatic rings. The molecule has 202 valence electrons. The largest absolute Gasteiger partial charge is 0.483 e. The minimum absolute atomic E-state index is 0.136. The highest BCUT2D eigenvalue weighted by molar-refractivity contribution is 7.12. The zero-order chi connectivity index (χ0) is 27.6. The third-order valence-electron chi connectivity index (χ3n) is 7.15. The van der Waals surface area contributed by atoms with Gasteiger partial charge in [-0.05, 0) is 65.4 Å². The first-order valence-corrected chi connectivity index (χ1v) is 13.8. The van der Waals surface area contributed by atoms with Gasteiger partial charge in [0.2, 0.25) is 0 Å². The summed E-state index contributed by atoms with van der Waals surface area (Å²) in [6, 6.07) is 21.0. The maximum atomic E-state index is 13.6. The number of hydrogen-bond donors (Lipinski definition) is 0. The molecule has 0 radical (unpaired) electrons. The summed E-state index contributed by atoms with van der Waals surface area (Å²) in [5.74, 6) is -0.647. The average molecular weight is 558 g/mol. The molecule has 0 saturated carbocycles. The van der Waals surface area contributed by atoms with E-state index in [2.05, 4.69) is 5.10 Å². The second-order valence-corrected chi connectivity index (χ2v) is 10.7. The molecule has 0 unspecified atom stereocenters. The fourth-order valence-corrected chi connectivity index (χ4v) is 5.84. The topological polar surface area (TPSA) is 62.2 Å². The third-order valence-corrected chi connectivity index (χ3v) is 8.07. The number of halogens is 2. The quantitative estimate of drug-likeness (QED) is 0.281. The molecule has 3 heterocycles. The first-order chi connectivity index (χ1) is 19.5. The number of benzene rings is 3. The zero-order valence-electron chi connectivity index (χ0n) is 21.4. The van der Waals surface area contributed by atoms with Gasteiger partial charge in [0.05, 0.1) is 16.6 Å². The second-order valence-electron chi connectivity index (χ2n) is 9.71. The molecule has 2 amide bonds. The van der Waals surface area contributed by atoms with Gasteiger partial charge < -0.3 is 9.64 Å². The molecule has 0 spiro atoms. The maximum absolute atomic E-state index is 13.6. The van der Waals surface area contributed by atoms with Crippen LogP contribution in [0.2, 0.25) is 0 Å². The van der Waals surface area contributed by atoms with Gasteiger partial charge in [-0.2, -0.15) is 5.10 Å². The fourth-order valence-electron chi connectivity index (χ4n) is 5.12. The van der Waals surface area contributed by atoms with Gasteiger partial charge >= 0.3 is 0 Å². The van der Waals surface area contributed by atoms with Crippen LogP contribution in [0.25, 0.3) is 0 Å². The van der Waals surface area contributed by atoms with Crippen LogP contribution >= 0.6 is 11.3 Å². The molecule has 0 aliphatic carbocycles. The van der Waals surface area contributed by atoms with Crippen molar-refractivity contribution in [3.8, 4) is 5.75 Å². The van der Waals surface area contributed by atoms with E-state index in [1.807, 2.05) is 17.5 Å². The van der Waals surface area contributed by atoms with E-state index in [1.165, 1.54) is 29.3 Å². The van der Waals surface area contributed by atoms with Crippen LogP contribution in [0.3, 0.4) is 0 Å². The molecule has 9 heteroatoms. The van der Waals surface area contributed by atoms with Crippen molar-refractivity contribution in [3.05, 3.63) is 123 Å². The average Bonchev–Trinajstić information content (AvgIpc) is 3.66. The number of rotatable bonds is 7. The van der Waals surface area contributed by atoms with Crippen LogP contribution in [-0.4, -0.2) is 40.6 Å². The summed E-state index contributed by atoms with van der Waals surface area (Å²) in [6.07, 6.45) is 1.08. The van der Waals surface area contributed by atoms with Crippen molar-refractivity contribution in [2.24, 2.45) is 5.10 Å². The molecule has 0 fully saturated rings. The molecule has 3 aromatic carbocycles. The van der Waals surface area contributed by atoms with Gasteiger partial charge in [-0.15, -0.1) is 11.3 Å². The van der Waals surface area contributed by atoms with E-state index in [0.717, 1.165) is 27.3 Å². The second kappa shape index (κ2) is 11.0. The standard InChI is InChI=1S/C31H25F2N3O3S/c32-22-10-6-20(7-11-22)18-35-15-14-24-25(31(35)38)3-1-4-28(24)39-19-30(37)36-27(21-8-12-23(33)13-9-21)17-26(34-36)29-5-2-16-40-29/h1-13,16,27H,14-15,17-19H2/t27-/m0/s1. The molecule has 0 saturated heterocycles. The van der Waals surface area contributed by atoms with E-state index < -0.39 is 0 Å². The lowest BCUT2D eigenvalue weighted by molar-refractivity contribution is -0.135. The van der Waals surface area contributed by atoms with E-state index in [-0.39, 0.29) is 36.1 Å². The molecule has 2 aliphatic heterocycles. The normalized spacial score (nSPS) is 16.6. The summed E-state index contributed by atoms with van der Waals surface area (Å²) in [5.41, 5.74) is 3.72. The Morgan fingerprint density at radius 2 is 1.73 bits per heavy atom. The number of ether oxygens (including phenoxy) is 1. The van der Waals surface area contributed by atoms with Gasteiger partial charge in [0.25, 0.3) is 11.8 Å². The molecule has 2 aliphatic rings. The van der Waals surface area contributed by atoms with Crippen LogP contribution < -0.4 is 4.74 Å². The number of hydrazone groups is 1. The smallest absolute Gasteiger partial charge is 0.281 e. The summed E-state index contributed by atoms with van der Waals surface area (Å²) in [5, 5.41) is 8.01. The summed E-state index contributed by atoms with van der Waals surface area (Å²) < 4.78 is 32.9. The Morgan fingerprint density at radius 3 is 2.45 bits per heavy atom. The number of amides is 2. The first-order valence-electron chi connectivity index (χ1n) is 12.9. The summed E-state index contributed by atoms with van der Waals surface area (Å²) in [7, 11) is 0. The van der Waals surface area contributed by atoms with Crippen LogP contribution in [0, 0.1) is 11.6 Å². The fraction of sp³-hybridized carbons (Fsp3) is 0.194. The van der Waals surface area contributed by atoms with Crippen molar-refractivity contribution in [3.63, 3.8) is 0 Å². The predicted octanol–water partition coefficient (Wildman–Crippen LogP) is 5.98. The number of fused-ring (bicyclic) bond motifs is 1. The lowest BCUT2D eigenvalue weighted by atomic mass is 9.97. The van der Waals surface area contributed by atoms with Crippen LogP contribution in [0.15, 0.2) is 89.3 Å². The Labute approximate surface area is 234 Å². The van der Waals surface area contributed by atoms with Gasteiger partial charge in [0, 0.05) is 30.6 Å². The Kier molecular flexibility index (Phi) is 7.13. The van der Waals surface area contributed by atoms with E-state index >= 15 is 0 Å². The third kappa shape index (κ3) is 5.24. The first kappa shape index (κ1) is 25.9. The highest BCUT2D eigenvalue weighted by atomic mass is 32.1. The summed E-state index contributed by atoms with van der Waals surface area (Å²) in [4.78, 5) is 29.4. The Hall–Kier alpha value is -4.37. The van der Waals surface area contributed by atoms with E-state index in [1.54, 1.807) is 58.7 Å². The van der Waals surface area contributed by atoms with Crippen molar-refractivity contribution in [1.29, 1.82) is 0 Å². The van der Waals surface area contributed by atoms with Crippen LogP contribution in [0.1, 0.15) is 44.4 Å². The predicted molar refractivity (Wildman–Crippen MR) is 148 cm³/mol. The van der Waals surface area contributed by atoms with E-state index in [9.17, 15) is 18.4 Å². The number of hydrogen-bond acceptors (Lipinski definition) is 5. The molecule has 1 aromatic heterocycles. The molecule has 1 atom stereocenters. The van der Waals surface area contributed by atoms with Crippen molar-refractivity contribution >= 4 is 28.9 Å². The molecule has 0 N–H and O–H groups in total. The lowest BCUT2D eigenvalue weighted by Crippen LogP contribution is -2.37. The highest BCUT2D eigenvalue weighted by Gasteiger charge is 2.34. The number of nitrogens with zero attached hydrogens (tertiary/aromatic N) is 3. The van der Waals surface area contributed by atoms with Crippen LogP contribution in [-0.2, 0) is 17.8 Å². The van der Waals surface area contributed by atoms with Crippen LogP contribution in [0.4, 0.5) is 8.78 Å². The Morgan fingerprint density at radius 1 is 0.975 bits per heavy atom. The van der Waals surface area contributed by atoms with Crippen LogP contribution in [0.5, 0.6) is 5.75 Å². The monoisotopic (exact) mass is 557 g/mol. The SMILES string of the molecule is O=C1c2cccc(OCC(=O)N3N=C(c4cccs4)C[C@H]3c3ccc(F)cc3)c2CCN1Cc1ccc(F)cc1. The number of thiophene rings is 1. The Bertz CT molecular complexity index is 1570. The van der Waals surface area contributed by atoms with Crippen molar-refractivity contribution in [1.82, 2.24) is 9.91 Å². The molecule has 6 nitrogen and oxygen atoms in total. The van der Waals surface area contributed by atoms with E-state index in [0.29, 0.717) is 37.2 Å². The zero-order valence-corrected chi connectivity index (χ0v) is 22.2.